The first-order chi connectivity index (χ1) is 14.7. The lowest BCUT2D eigenvalue weighted by Gasteiger charge is -2.24. The Balaban J connectivity index is 1.91. The Bertz CT molecular complexity index is 1180. The summed E-state index contributed by atoms with van der Waals surface area (Å²) in [7, 11) is 0. The van der Waals surface area contributed by atoms with Crippen LogP contribution in [0, 0.1) is 6.92 Å². The number of pyridine rings is 1. The van der Waals surface area contributed by atoms with Crippen molar-refractivity contribution in [2.24, 2.45) is 0 Å². The van der Waals surface area contributed by atoms with E-state index < -0.39 is 17.7 Å². The molecule has 1 N–H and O–H groups in total. The molecule has 1 fully saturated rings. The monoisotopic (exact) mass is 434 g/mol. The molecule has 0 bridgehead atoms. The molecule has 1 aliphatic rings. The van der Waals surface area contributed by atoms with Crippen molar-refractivity contribution in [2.75, 3.05) is 4.90 Å². The van der Waals surface area contributed by atoms with Gasteiger partial charge in [0.15, 0.2) is 0 Å². The number of carbonyl (C=O) groups excluding carboxylic acids is 2. The van der Waals surface area contributed by atoms with Gasteiger partial charge in [-0.3, -0.25) is 19.5 Å². The van der Waals surface area contributed by atoms with Crippen molar-refractivity contribution < 1.29 is 14.7 Å². The SMILES string of the molecule is Cc1nnc(N2C(=O)C(=O)/C(=C(/O)c3ccncc3)C2c2ccc(C(C)(C)C)cc2)s1. The predicted octanol–water partition coefficient (Wildman–Crippen LogP) is 4.17. The van der Waals surface area contributed by atoms with E-state index in [4.69, 9.17) is 0 Å². The number of anilines is 1. The molecule has 8 heteroatoms. The summed E-state index contributed by atoms with van der Waals surface area (Å²) in [6.45, 7) is 8.12. The standard InChI is InChI=1S/C23H22N4O3S/c1-13-25-26-22(31-13)27-18(14-5-7-16(8-6-14)23(2,3)4)17(20(29)21(27)30)19(28)15-9-11-24-12-10-15/h5-12,18,28H,1-4H3/b19-17+. The number of benzene rings is 1. The van der Waals surface area contributed by atoms with Gasteiger partial charge in [-0.05, 0) is 35.6 Å². The maximum absolute atomic E-state index is 13.1. The number of Topliss-reactive ketones (excluding diaryl/α,β-unsaturated/α-hetero) is 1. The average Bonchev–Trinajstić information content (AvgIpc) is 3.28. The van der Waals surface area contributed by atoms with Gasteiger partial charge in [-0.15, -0.1) is 10.2 Å². The van der Waals surface area contributed by atoms with E-state index in [2.05, 4.69) is 36.0 Å². The predicted molar refractivity (Wildman–Crippen MR) is 119 cm³/mol. The zero-order valence-electron chi connectivity index (χ0n) is 17.7. The molecule has 31 heavy (non-hydrogen) atoms. The quantitative estimate of drug-likeness (QED) is 0.378. The van der Waals surface area contributed by atoms with E-state index in [9.17, 15) is 14.7 Å². The third-order valence-corrected chi connectivity index (χ3v) is 6.05. The molecule has 1 aliphatic heterocycles. The Morgan fingerprint density at radius 3 is 2.23 bits per heavy atom. The van der Waals surface area contributed by atoms with Crippen LogP contribution in [0.25, 0.3) is 5.76 Å². The molecule has 3 heterocycles. The molecular weight excluding hydrogens is 412 g/mol. The van der Waals surface area contributed by atoms with E-state index in [-0.39, 0.29) is 16.7 Å². The second kappa shape index (κ2) is 7.70. The highest BCUT2D eigenvalue weighted by atomic mass is 32.1. The molecule has 158 valence electrons. The Labute approximate surface area is 184 Å². The Kier molecular flexibility index (Phi) is 5.18. The minimum Gasteiger partial charge on any atom is -0.507 e. The second-order valence-electron chi connectivity index (χ2n) is 8.38. The van der Waals surface area contributed by atoms with Crippen LogP contribution in [-0.4, -0.2) is 32.0 Å². The molecule has 1 amide bonds. The maximum Gasteiger partial charge on any atom is 0.301 e. The summed E-state index contributed by atoms with van der Waals surface area (Å²) >= 11 is 1.22. The number of aliphatic hydroxyl groups excluding tert-OH is 1. The van der Waals surface area contributed by atoms with Gasteiger partial charge in [0.05, 0.1) is 11.6 Å². The van der Waals surface area contributed by atoms with Gasteiger partial charge in [0.2, 0.25) is 5.13 Å². The lowest BCUT2D eigenvalue weighted by molar-refractivity contribution is -0.132. The largest absolute Gasteiger partial charge is 0.507 e. The van der Waals surface area contributed by atoms with Crippen molar-refractivity contribution in [3.8, 4) is 0 Å². The fourth-order valence-corrected chi connectivity index (χ4v) is 4.27. The molecule has 1 unspecified atom stereocenters. The molecule has 1 aromatic carbocycles. The molecule has 1 atom stereocenters. The van der Waals surface area contributed by atoms with Crippen LogP contribution in [0.2, 0.25) is 0 Å². The van der Waals surface area contributed by atoms with Crippen molar-refractivity contribution in [3.05, 3.63) is 76.1 Å². The fourth-order valence-electron chi connectivity index (χ4n) is 3.56. The van der Waals surface area contributed by atoms with Crippen LogP contribution < -0.4 is 4.90 Å². The molecular formula is C23H22N4O3S. The van der Waals surface area contributed by atoms with Crippen molar-refractivity contribution in [2.45, 2.75) is 39.2 Å². The van der Waals surface area contributed by atoms with Crippen LogP contribution in [0.4, 0.5) is 5.13 Å². The van der Waals surface area contributed by atoms with Crippen LogP contribution >= 0.6 is 11.3 Å². The fraction of sp³-hybridized carbons (Fsp3) is 0.261. The summed E-state index contributed by atoms with van der Waals surface area (Å²) in [5.74, 6) is -1.74. The van der Waals surface area contributed by atoms with E-state index in [0.717, 1.165) is 5.56 Å². The maximum atomic E-state index is 13.1. The topological polar surface area (TPSA) is 96.3 Å². The minimum absolute atomic E-state index is 0.0209. The number of rotatable bonds is 3. The third-order valence-electron chi connectivity index (χ3n) is 5.21. The van der Waals surface area contributed by atoms with E-state index in [1.165, 1.54) is 28.6 Å². The molecule has 3 aromatic rings. The Morgan fingerprint density at radius 2 is 1.68 bits per heavy atom. The average molecular weight is 435 g/mol. The smallest absolute Gasteiger partial charge is 0.301 e. The number of aryl methyl sites for hydroxylation is 1. The minimum atomic E-state index is -0.811. The van der Waals surface area contributed by atoms with Crippen LogP contribution in [-0.2, 0) is 15.0 Å². The highest BCUT2D eigenvalue weighted by Gasteiger charge is 2.48. The van der Waals surface area contributed by atoms with Gasteiger partial charge in [0.1, 0.15) is 10.8 Å². The Hall–Kier alpha value is -3.39. The summed E-state index contributed by atoms with van der Waals surface area (Å²) in [5, 5.41) is 20.1. The van der Waals surface area contributed by atoms with Gasteiger partial charge in [-0.25, -0.2) is 0 Å². The Morgan fingerprint density at radius 1 is 1.03 bits per heavy atom. The van der Waals surface area contributed by atoms with Crippen molar-refractivity contribution in [3.63, 3.8) is 0 Å². The third kappa shape index (κ3) is 3.74. The first kappa shape index (κ1) is 20.9. The number of aliphatic hydroxyl groups is 1. The van der Waals surface area contributed by atoms with Crippen molar-refractivity contribution in [1.82, 2.24) is 15.2 Å². The molecule has 7 nitrogen and oxygen atoms in total. The first-order valence-corrected chi connectivity index (χ1v) is 10.6. The lowest BCUT2D eigenvalue weighted by atomic mass is 9.85. The van der Waals surface area contributed by atoms with Crippen LogP contribution in [0.15, 0.2) is 54.4 Å². The van der Waals surface area contributed by atoms with Gasteiger partial charge in [-0.1, -0.05) is 56.4 Å². The van der Waals surface area contributed by atoms with Crippen molar-refractivity contribution >= 4 is 33.9 Å². The van der Waals surface area contributed by atoms with Gasteiger partial charge in [-0.2, -0.15) is 0 Å². The van der Waals surface area contributed by atoms with Gasteiger partial charge < -0.3 is 5.11 Å². The molecule has 4 rings (SSSR count). The number of hydrogen-bond donors (Lipinski definition) is 1. The van der Waals surface area contributed by atoms with Crippen LogP contribution in [0.3, 0.4) is 0 Å². The molecule has 1 saturated heterocycles. The lowest BCUT2D eigenvalue weighted by Crippen LogP contribution is -2.29. The summed E-state index contributed by atoms with van der Waals surface area (Å²) < 4.78 is 0. The van der Waals surface area contributed by atoms with Crippen LogP contribution in [0.5, 0.6) is 0 Å². The number of ketones is 1. The number of aromatic nitrogens is 3. The van der Waals surface area contributed by atoms with E-state index in [1.54, 1.807) is 19.1 Å². The number of nitrogens with zero attached hydrogens (tertiary/aromatic N) is 4. The van der Waals surface area contributed by atoms with E-state index in [1.807, 2.05) is 24.3 Å². The second-order valence-corrected chi connectivity index (χ2v) is 9.54. The first-order valence-electron chi connectivity index (χ1n) is 9.80. The molecule has 0 spiro atoms. The number of carbonyl (C=O) groups is 2. The zero-order chi connectivity index (χ0) is 22.3. The number of amides is 1. The summed E-state index contributed by atoms with van der Waals surface area (Å²) in [6.07, 6.45) is 3.04. The molecule has 0 saturated carbocycles. The van der Waals surface area contributed by atoms with Gasteiger partial charge >= 0.3 is 5.91 Å². The van der Waals surface area contributed by atoms with Gasteiger partial charge in [0.25, 0.3) is 5.78 Å². The zero-order valence-corrected chi connectivity index (χ0v) is 18.5. The van der Waals surface area contributed by atoms with Gasteiger partial charge in [0, 0.05) is 18.0 Å². The summed E-state index contributed by atoms with van der Waals surface area (Å²) in [6, 6.07) is 10.1. The summed E-state index contributed by atoms with van der Waals surface area (Å²) in [5.41, 5.74) is 2.21. The van der Waals surface area contributed by atoms with Crippen molar-refractivity contribution in [1.29, 1.82) is 0 Å². The molecule has 2 aromatic heterocycles. The van der Waals surface area contributed by atoms with E-state index >= 15 is 0 Å². The number of hydrogen-bond acceptors (Lipinski definition) is 7. The summed E-state index contributed by atoms with van der Waals surface area (Å²) in [4.78, 5) is 31.4. The molecule has 0 aliphatic carbocycles. The van der Waals surface area contributed by atoms with Crippen LogP contribution in [0.1, 0.15) is 48.5 Å². The highest BCUT2D eigenvalue weighted by Crippen LogP contribution is 2.43. The highest BCUT2D eigenvalue weighted by molar-refractivity contribution is 7.15. The normalized spacial score (nSPS) is 18.6. The van der Waals surface area contributed by atoms with E-state index in [0.29, 0.717) is 21.3 Å². The molecule has 0 radical (unpaired) electrons.